The van der Waals surface area contributed by atoms with Gasteiger partial charge < -0.3 is 9.42 Å². The van der Waals surface area contributed by atoms with Crippen molar-refractivity contribution in [1.82, 2.24) is 20.5 Å². The van der Waals surface area contributed by atoms with Crippen molar-refractivity contribution in [2.45, 2.75) is 6.92 Å². The molecule has 0 spiro atoms. The molecule has 1 aromatic carbocycles. The highest BCUT2D eigenvalue weighted by atomic mass is 35.5. The molecule has 1 aliphatic heterocycles. The number of hydrogen-bond donors (Lipinski definition) is 1. The Morgan fingerprint density at radius 3 is 2.46 bits per heavy atom. The van der Waals surface area contributed by atoms with E-state index >= 15 is 0 Å². The molecule has 24 heavy (non-hydrogen) atoms. The van der Waals surface area contributed by atoms with E-state index in [9.17, 15) is 4.79 Å². The van der Waals surface area contributed by atoms with Crippen molar-refractivity contribution in [2.75, 3.05) is 33.2 Å². The fourth-order valence-electron chi connectivity index (χ4n) is 2.65. The summed E-state index contributed by atoms with van der Waals surface area (Å²) < 4.78 is 5.23. The third kappa shape index (κ3) is 3.42. The van der Waals surface area contributed by atoms with Gasteiger partial charge in [-0.2, -0.15) is 0 Å². The van der Waals surface area contributed by atoms with Gasteiger partial charge >= 0.3 is 0 Å². The van der Waals surface area contributed by atoms with Crippen LogP contribution in [-0.4, -0.2) is 54.2 Å². The van der Waals surface area contributed by atoms with Gasteiger partial charge in [0.1, 0.15) is 17.0 Å². The molecular formula is C16H18Cl2N4O2. The Morgan fingerprint density at radius 2 is 1.83 bits per heavy atom. The van der Waals surface area contributed by atoms with E-state index in [1.165, 1.54) is 0 Å². The number of likely N-dealkylation sites (N-methyl/N-ethyl adjacent to an activating group) is 1. The fraction of sp³-hybridized carbons (Fsp3) is 0.375. The van der Waals surface area contributed by atoms with Crippen molar-refractivity contribution in [3.63, 3.8) is 0 Å². The van der Waals surface area contributed by atoms with Gasteiger partial charge in [-0.15, -0.1) is 0 Å². The molecule has 8 heteroatoms. The van der Waals surface area contributed by atoms with Crippen LogP contribution in [0.5, 0.6) is 0 Å². The maximum Gasteiger partial charge on any atom is 0.271 e. The first-order valence-corrected chi connectivity index (χ1v) is 8.38. The van der Waals surface area contributed by atoms with Crippen molar-refractivity contribution >= 4 is 29.1 Å². The van der Waals surface area contributed by atoms with E-state index in [1.807, 2.05) is 5.01 Å². The minimum atomic E-state index is -0.274. The molecule has 0 radical (unpaired) electrons. The van der Waals surface area contributed by atoms with Gasteiger partial charge in [-0.05, 0) is 26.1 Å². The number of nitrogens with one attached hydrogen (secondary N) is 1. The average Bonchev–Trinajstić information content (AvgIpc) is 2.91. The minimum Gasteiger partial charge on any atom is -0.360 e. The number of hydrazine groups is 1. The van der Waals surface area contributed by atoms with E-state index in [1.54, 1.807) is 25.1 Å². The highest BCUT2D eigenvalue weighted by molar-refractivity contribution is 6.39. The monoisotopic (exact) mass is 368 g/mol. The summed E-state index contributed by atoms with van der Waals surface area (Å²) in [6.45, 7) is 5.00. The smallest absolute Gasteiger partial charge is 0.271 e. The normalized spacial score (nSPS) is 16.3. The number of rotatable bonds is 3. The zero-order valence-electron chi connectivity index (χ0n) is 13.5. The quantitative estimate of drug-likeness (QED) is 0.902. The molecule has 2 aromatic rings. The number of aryl methyl sites for hydroxylation is 1. The van der Waals surface area contributed by atoms with E-state index in [0.29, 0.717) is 32.6 Å². The highest BCUT2D eigenvalue weighted by Gasteiger charge is 2.26. The second-order valence-electron chi connectivity index (χ2n) is 5.79. The molecule has 0 bridgehead atoms. The molecule has 1 amide bonds. The summed E-state index contributed by atoms with van der Waals surface area (Å²) in [5.41, 5.74) is 4.12. The standard InChI is InChI=1S/C16H18Cl2N4O2/c1-10-13(16(23)19-22-8-6-21(2)7-9-22)15(20-24-10)14-11(17)4-3-5-12(14)18/h3-5H,6-9H2,1-2H3,(H,19,23). The van der Waals surface area contributed by atoms with Crippen molar-refractivity contribution in [1.29, 1.82) is 0 Å². The molecule has 2 heterocycles. The van der Waals surface area contributed by atoms with Crippen LogP contribution in [-0.2, 0) is 0 Å². The van der Waals surface area contributed by atoms with E-state index in [-0.39, 0.29) is 5.91 Å². The predicted octanol–water partition coefficient (Wildman–Crippen LogP) is 2.85. The van der Waals surface area contributed by atoms with Crippen LogP contribution < -0.4 is 5.43 Å². The molecule has 6 nitrogen and oxygen atoms in total. The first kappa shape index (κ1) is 17.2. The fourth-order valence-corrected chi connectivity index (χ4v) is 3.23. The maximum absolute atomic E-state index is 12.7. The number of piperazine rings is 1. The largest absolute Gasteiger partial charge is 0.360 e. The average molecular weight is 369 g/mol. The minimum absolute atomic E-state index is 0.274. The van der Waals surface area contributed by atoms with Crippen molar-refractivity contribution < 1.29 is 9.32 Å². The lowest BCUT2D eigenvalue weighted by Crippen LogP contribution is -2.52. The van der Waals surface area contributed by atoms with Crippen LogP contribution in [0, 0.1) is 6.92 Å². The molecule has 3 rings (SSSR count). The number of benzene rings is 1. The number of halogens is 2. The van der Waals surface area contributed by atoms with Gasteiger partial charge in [-0.25, -0.2) is 5.01 Å². The predicted molar refractivity (Wildman–Crippen MR) is 93.2 cm³/mol. The van der Waals surface area contributed by atoms with Gasteiger partial charge in [0.15, 0.2) is 0 Å². The number of amides is 1. The molecule has 1 fully saturated rings. The van der Waals surface area contributed by atoms with Crippen molar-refractivity contribution in [3.05, 3.63) is 39.6 Å². The van der Waals surface area contributed by atoms with Crippen LogP contribution in [0.4, 0.5) is 0 Å². The molecule has 1 saturated heterocycles. The summed E-state index contributed by atoms with van der Waals surface area (Å²) in [4.78, 5) is 15.0. The Kier molecular flexibility index (Phi) is 5.10. The molecule has 0 saturated carbocycles. The molecule has 1 N–H and O–H groups in total. The van der Waals surface area contributed by atoms with Crippen LogP contribution in [0.2, 0.25) is 10.0 Å². The topological polar surface area (TPSA) is 61.6 Å². The lowest BCUT2D eigenvalue weighted by Gasteiger charge is -2.32. The maximum atomic E-state index is 12.7. The number of carbonyl (C=O) groups excluding carboxylic acids is 1. The molecule has 0 unspecified atom stereocenters. The molecular weight excluding hydrogens is 351 g/mol. The van der Waals surface area contributed by atoms with E-state index in [0.717, 1.165) is 26.2 Å². The van der Waals surface area contributed by atoms with Crippen LogP contribution in [0.3, 0.4) is 0 Å². The van der Waals surface area contributed by atoms with Crippen LogP contribution in [0.25, 0.3) is 11.3 Å². The Hall–Kier alpha value is -1.60. The Bertz CT molecular complexity index is 734. The van der Waals surface area contributed by atoms with E-state index in [2.05, 4.69) is 22.5 Å². The number of aromatic nitrogens is 1. The summed E-state index contributed by atoms with van der Waals surface area (Å²) in [7, 11) is 2.06. The summed E-state index contributed by atoms with van der Waals surface area (Å²) in [6.07, 6.45) is 0. The second-order valence-corrected chi connectivity index (χ2v) is 6.60. The van der Waals surface area contributed by atoms with Gasteiger partial charge in [0, 0.05) is 31.7 Å². The van der Waals surface area contributed by atoms with Gasteiger partial charge in [0.05, 0.1) is 10.0 Å². The third-order valence-corrected chi connectivity index (χ3v) is 4.68. The second kappa shape index (κ2) is 7.11. The number of nitrogens with zero attached hydrogens (tertiary/aromatic N) is 3. The van der Waals surface area contributed by atoms with Crippen molar-refractivity contribution in [2.24, 2.45) is 0 Å². The molecule has 0 atom stereocenters. The lowest BCUT2D eigenvalue weighted by molar-refractivity contribution is 0.0661. The third-order valence-electron chi connectivity index (χ3n) is 4.05. The van der Waals surface area contributed by atoms with Crippen LogP contribution in [0.1, 0.15) is 16.1 Å². The van der Waals surface area contributed by atoms with Gasteiger partial charge in [-0.1, -0.05) is 34.4 Å². The highest BCUT2D eigenvalue weighted by Crippen LogP contribution is 2.36. The SMILES string of the molecule is Cc1onc(-c2c(Cl)cccc2Cl)c1C(=O)NN1CCN(C)CC1. The van der Waals surface area contributed by atoms with Gasteiger partial charge in [-0.3, -0.25) is 10.2 Å². The first-order valence-electron chi connectivity index (χ1n) is 7.62. The molecule has 1 aliphatic rings. The van der Waals surface area contributed by atoms with Crippen LogP contribution in [0.15, 0.2) is 22.7 Å². The molecule has 128 valence electrons. The lowest BCUT2D eigenvalue weighted by atomic mass is 10.1. The Labute approximate surface area is 150 Å². The Balaban J connectivity index is 1.89. The van der Waals surface area contributed by atoms with E-state index in [4.69, 9.17) is 27.7 Å². The summed E-state index contributed by atoms with van der Waals surface area (Å²) in [5.74, 6) is 0.150. The molecule has 1 aromatic heterocycles. The zero-order chi connectivity index (χ0) is 17.3. The molecule has 0 aliphatic carbocycles. The van der Waals surface area contributed by atoms with Gasteiger partial charge in [0.2, 0.25) is 0 Å². The van der Waals surface area contributed by atoms with E-state index < -0.39 is 0 Å². The number of hydrogen-bond acceptors (Lipinski definition) is 5. The summed E-state index contributed by atoms with van der Waals surface area (Å²) in [6, 6.07) is 5.15. The Morgan fingerprint density at radius 1 is 1.21 bits per heavy atom. The van der Waals surface area contributed by atoms with Gasteiger partial charge in [0.25, 0.3) is 5.91 Å². The zero-order valence-corrected chi connectivity index (χ0v) is 15.0. The number of carbonyl (C=O) groups is 1. The summed E-state index contributed by atoms with van der Waals surface area (Å²) >= 11 is 12.5. The first-order chi connectivity index (χ1) is 11.5. The van der Waals surface area contributed by atoms with Crippen molar-refractivity contribution in [3.8, 4) is 11.3 Å². The van der Waals surface area contributed by atoms with Crippen LogP contribution >= 0.6 is 23.2 Å². The summed E-state index contributed by atoms with van der Waals surface area (Å²) in [5, 5.41) is 6.74.